The summed E-state index contributed by atoms with van der Waals surface area (Å²) in [5.41, 5.74) is 3.76. The third kappa shape index (κ3) is 3.57. The Labute approximate surface area is 156 Å². The zero-order valence-corrected chi connectivity index (χ0v) is 14.8. The van der Waals surface area contributed by atoms with E-state index in [9.17, 15) is 9.59 Å². The molecule has 1 N–H and O–H groups in total. The van der Waals surface area contributed by atoms with Crippen molar-refractivity contribution in [1.82, 2.24) is 10.1 Å². The van der Waals surface area contributed by atoms with Crippen LogP contribution >= 0.6 is 0 Å². The van der Waals surface area contributed by atoms with Gasteiger partial charge in [-0.2, -0.15) is 0 Å². The van der Waals surface area contributed by atoms with Crippen molar-refractivity contribution >= 4 is 23.2 Å². The number of aryl methyl sites for hydroxylation is 1. The quantitative estimate of drug-likeness (QED) is 0.771. The lowest BCUT2D eigenvalue weighted by atomic mass is 10.1. The molecule has 0 atom stereocenters. The number of benzene rings is 1. The maximum atomic E-state index is 12.7. The molecule has 0 fully saturated rings. The fourth-order valence-electron chi connectivity index (χ4n) is 3.21. The number of carbonyl (C=O) groups excluding carboxylic acids is 2. The lowest BCUT2D eigenvalue weighted by molar-refractivity contribution is -0.115. The van der Waals surface area contributed by atoms with Crippen LogP contribution in [0.15, 0.2) is 53.3 Å². The molecule has 0 aliphatic carbocycles. The molecule has 4 rings (SSSR count). The zero-order chi connectivity index (χ0) is 18.8. The van der Waals surface area contributed by atoms with Crippen LogP contribution in [0.5, 0.6) is 0 Å². The first-order valence-corrected chi connectivity index (χ1v) is 8.67. The number of amides is 2. The molecule has 7 nitrogen and oxygen atoms in total. The Morgan fingerprint density at radius 3 is 2.89 bits per heavy atom. The number of rotatable bonds is 4. The van der Waals surface area contributed by atoms with Crippen LogP contribution in [-0.2, 0) is 17.6 Å². The van der Waals surface area contributed by atoms with E-state index in [1.807, 2.05) is 12.1 Å². The molecule has 2 amide bonds. The van der Waals surface area contributed by atoms with Gasteiger partial charge in [0.2, 0.25) is 5.91 Å². The molecule has 136 valence electrons. The van der Waals surface area contributed by atoms with Crippen molar-refractivity contribution in [1.29, 1.82) is 0 Å². The lowest BCUT2D eigenvalue weighted by Gasteiger charge is -2.17. The first kappa shape index (κ1) is 17.0. The highest BCUT2D eigenvalue weighted by Gasteiger charge is 2.26. The van der Waals surface area contributed by atoms with Gasteiger partial charge in [0.05, 0.1) is 17.7 Å². The second kappa shape index (κ2) is 7.03. The Balaban J connectivity index is 1.46. The fourth-order valence-corrected chi connectivity index (χ4v) is 3.21. The summed E-state index contributed by atoms with van der Waals surface area (Å²) in [6, 6.07) is 10.8. The Kier molecular flexibility index (Phi) is 4.42. The van der Waals surface area contributed by atoms with E-state index in [2.05, 4.69) is 15.5 Å². The van der Waals surface area contributed by atoms with E-state index in [1.54, 1.807) is 48.5 Å². The highest BCUT2D eigenvalue weighted by molar-refractivity contribution is 6.07. The van der Waals surface area contributed by atoms with Crippen LogP contribution < -0.4 is 10.2 Å². The van der Waals surface area contributed by atoms with Crippen LogP contribution in [0, 0.1) is 6.92 Å². The number of fused-ring (bicyclic) bond motifs is 1. The summed E-state index contributed by atoms with van der Waals surface area (Å²) in [7, 11) is 0. The van der Waals surface area contributed by atoms with Crippen molar-refractivity contribution in [2.45, 2.75) is 19.8 Å². The third-order valence-corrected chi connectivity index (χ3v) is 4.43. The summed E-state index contributed by atoms with van der Waals surface area (Å²) in [5.74, 6) is 0.443. The van der Waals surface area contributed by atoms with E-state index in [1.165, 1.54) is 0 Å². The molecule has 0 bridgehead atoms. The number of hydrogen-bond acceptors (Lipinski definition) is 5. The van der Waals surface area contributed by atoms with Crippen molar-refractivity contribution in [3.8, 4) is 0 Å². The monoisotopic (exact) mass is 362 g/mol. The normalized spacial score (nSPS) is 12.7. The van der Waals surface area contributed by atoms with Crippen molar-refractivity contribution in [3.05, 3.63) is 71.4 Å². The van der Waals surface area contributed by atoms with Crippen LogP contribution in [0.25, 0.3) is 0 Å². The van der Waals surface area contributed by atoms with Gasteiger partial charge in [0.25, 0.3) is 5.91 Å². The average molecular weight is 362 g/mol. The lowest BCUT2D eigenvalue weighted by Crippen LogP contribution is -2.28. The van der Waals surface area contributed by atoms with Gasteiger partial charge in [0, 0.05) is 36.4 Å². The third-order valence-electron chi connectivity index (χ3n) is 4.43. The van der Waals surface area contributed by atoms with Gasteiger partial charge in [-0.25, -0.2) is 0 Å². The predicted octanol–water partition coefficient (Wildman–Crippen LogP) is 2.76. The van der Waals surface area contributed by atoms with Crippen LogP contribution in [0.3, 0.4) is 0 Å². The maximum Gasteiger partial charge on any atom is 0.259 e. The van der Waals surface area contributed by atoms with Crippen molar-refractivity contribution < 1.29 is 14.1 Å². The van der Waals surface area contributed by atoms with Crippen molar-refractivity contribution in [2.75, 3.05) is 16.8 Å². The Hall–Kier alpha value is -3.48. The number of nitrogens with zero attached hydrogens (tertiary/aromatic N) is 3. The standard InChI is InChI=1S/C20H18N4O3/c1-13-9-17(23-27-13)11-19(25)22-16-4-5-18-14(10-16)6-8-24(18)20(26)15-3-2-7-21-12-15/h2-5,7,9-10,12H,6,8,11H2,1H3,(H,22,25). The number of pyridine rings is 1. The number of hydrogen-bond donors (Lipinski definition) is 1. The summed E-state index contributed by atoms with van der Waals surface area (Å²) in [6.45, 7) is 2.39. The number of nitrogens with one attached hydrogen (secondary N) is 1. The maximum absolute atomic E-state index is 12.7. The number of aromatic nitrogens is 2. The predicted molar refractivity (Wildman–Crippen MR) is 99.6 cm³/mol. The molecule has 1 aliphatic heterocycles. The molecule has 27 heavy (non-hydrogen) atoms. The van der Waals surface area contributed by atoms with Gasteiger partial charge < -0.3 is 14.7 Å². The summed E-state index contributed by atoms with van der Waals surface area (Å²) in [5, 5.41) is 6.70. The van der Waals surface area contributed by atoms with E-state index < -0.39 is 0 Å². The molecule has 0 radical (unpaired) electrons. The molecule has 0 unspecified atom stereocenters. The van der Waals surface area contributed by atoms with Crippen LogP contribution in [0.4, 0.5) is 11.4 Å². The Bertz CT molecular complexity index is 997. The van der Waals surface area contributed by atoms with Gasteiger partial charge in [-0.05, 0) is 49.2 Å². The summed E-state index contributed by atoms with van der Waals surface area (Å²) in [4.78, 5) is 30.6. The average Bonchev–Trinajstić information content (AvgIpc) is 3.27. The Morgan fingerprint density at radius 1 is 1.26 bits per heavy atom. The highest BCUT2D eigenvalue weighted by Crippen LogP contribution is 2.31. The minimum Gasteiger partial charge on any atom is -0.361 e. The summed E-state index contributed by atoms with van der Waals surface area (Å²) in [6.07, 6.45) is 4.11. The van der Waals surface area contributed by atoms with E-state index >= 15 is 0 Å². The van der Waals surface area contributed by atoms with Gasteiger partial charge >= 0.3 is 0 Å². The summed E-state index contributed by atoms with van der Waals surface area (Å²) < 4.78 is 4.97. The second-order valence-electron chi connectivity index (χ2n) is 6.45. The molecule has 0 spiro atoms. The second-order valence-corrected chi connectivity index (χ2v) is 6.45. The van der Waals surface area contributed by atoms with E-state index in [0.29, 0.717) is 29.2 Å². The first-order valence-electron chi connectivity index (χ1n) is 8.67. The van der Waals surface area contributed by atoms with E-state index in [0.717, 1.165) is 17.7 Å². The minimum absolute atomic E-state index is 0.0694. The molecule has 3 heterocycles. The van der Waals surface area contributed by atoms with Crippen LogP contribution in [-0.4, -0.2) is 28.5 Å². The van der Waals surface area contributed by atoms with Crippen LogP contribution in [0.1, 0.15) is 27.4 Å². The molecule has 2 aromatic heterocycles. The van der Waals surface area contributed by atoms with Gasteiger partial charge in [-0.3, -0.25) is 14.6 Å². The largest absolute Gasteiger partial charge is 0.361 e. The van der Waals surface area contributed by atoms with Crippen molar-refractivity contribution in [3.63, 3.8) is 0 Å². The van der Waals surface area contributed by atoms with E-state index in [-0.39, 0.29) is 18.2 Å². The van der Waals surface area contributed by atoms with Gasteiger partial charge in [-0.1, -0.05) is 5.16 Å². The van der Waals surface area contributed by atoms with Crippen molar-refractivity contribution in [2.24, 2.45) is 0 Å². The van der Waals surface area contributed by atoms with Crippen LogP contribution in [0.2, 0.25) is 0 Å². The van der Waals surface area contributed by atoms with E-state index in [4.69, 9.17) is 4.52 Å². The Morgan fingerprint density at radius 2 is 2.15 bits per heavy atom. The van der Waals surface area contributed by atoms with Gasteiger partial charge in [0.1, 0.15) is 5.76 Å². The highest BCUT2D eigenvalue weighted by atomic mass is 16.5. The smallest absolute Gasteiger partial charge is 0.259 e. The topological polar surface area (TPSA) is 88.3 Å². The molecular formula is C20H18N4O3. The molecule has 1 aliphatic rings. The molecule has 3 aromatic rings. The van der Waals surface area contributed by atoms with Gasteiger partial charge in [-0.15, -0.1) is 0 Å². The molecule has 0 saturated heterocycles. The fraction of sp³-hybridized carbons (Fsp3) is 0.200. The van der Waals surface area contributed by atoms with Gasteiger partial charge in [0.15, 0.2) is 0 Å². The molecular weight excluding hydrogens is 344 g/mol. The SMILES string of the molecule is Cc1cc(CC(=O)Nc2ccc3c(c2)CCN3C(=O)c2cccnc2)no1. The molecule has 0 saturated carbocycles. The minimum atomic E-state index is -0.162. The molecule has 7 heteroatoms. The summed E-state index contributed by atoms with van der Waals surface area (Å²) >= 11 is 0. The first-order chi connectivity index (χ1) is 13.1. The number of carbonyl (C=O) groups is 2. The number of anilines is 2. The molecule has 1 aromatic carbocycles. The zero-order valence-electron chi connectivity index (χ0n) is 14.8.